The van der Waals surface area contributed by atoms with Gasteiger partial charge < -0.3 is 20.7 Å². The van der Waals surface area contributed by atoms with Gasteiger partial charge >= 0.3 is 12.3 Å². The number of rotatable bonds is 8. The molecule has 1 aliphatic rings. The Balaban J connectivity index is 0.00000420. The fourth-order valence-electron chi connectivity index (χ4n) is 2.72. The predicted octanol–water partition coefficient (Wildman–Crippen LogP) is 3.90. The van der Waals surface area contributed by atoms with Gasteiger partial charge in [0.25, 0.3) is 0 Å². The minimum Gasteiger partial charge on any atom is -0.450 e. The third-order valence-corrected chi connectivity index (χ3v) is 4.28. The van der Waals surface area contributed by atoms with Crippen molar-refractivity contribution in [2.75, 3.05) is 19.7 Å². The van der Waals surface area contributed by atoms with E-state index in [0.29, 0.717) is 37.1 Å². The van der Waals surface area contributed by atoms with Crippen molar-refractivity contribution < 1.29 is 22.7 Å². The highest BCUT2D eigenvalue weighted by Crippen LogP contribution is 2.32. The van der Waals surface area contributed by atoms with Gasteiger partial charge in [-0.2, -0.15) is 13.2 Å². The predicted molar refractivity (Wildman–Crippen MR) is 116 cm³/mol. The zero-order valence-electron chi connectivity index (χ0n) is 16.5. The Kier molecular flexibility index (Phi) is 10.5. The Morgan fingerprint density at radius 2 is 2.00 bits per heavy atom. The van der Waals surface area contributed by atoms with Crippen LogP contribution in [-0.2, 0) is 17.5 Å². The van der Waals surface area contributed by atoms with Crippen LogP contribution in [-0.4, -0.2) is 37.8 Å². The normalized spacial score (nSPS) is 15.1. The van der Waals surface area contributed by atoms with Crippen molar-refractivity contribution in [1.29, 1.82) is 0 Å². The summed E-state index contributed by atoms with van der Waals surface area (Å²) in [4.78, 5) is 16.0. The van der Waals surface area contributed by atoms with E-state index in [1.807, 2.05) is 6.92 Å². The maximum atomic E-state index is 12.8. The van der Waals surface area contributed by atoms with E-state index in [1.54, 1.807) is 13.0 Å². The number of nitrogens with zero attached hydrogens (tertiary/aromatic N) is 1. The number of carbonyl (C=O) groups excluding carboxylic acids is 1. The van der Waals surface area contributed by atoms with Gasteiger partial charge in [-0.3, -0.25) is 0 Å². The third kappa shape index (κ3) is 9.09. The van der Waals surface area contributed by atoms with Gasteiger partial charge in [0.15, 0.2) is 5.96 Å². The molecule has 164 valence electrons. The minimum absolute atomic E-state index is 0. The molecule has 10 heteroatoms. The van der Waals surface area contributed by atoms with Gasteiger partial charge in [0, 0.05) is 13.1 Å². The van der Waals surface area contributed by atoms with Crippen LogP contribution in [0.15, 0.2) is 29.3 Å². The molecule has 0 spiro atoms. The summed E-state index contributed by atoms with van der Waals surface area (Å²) in [5, 5.41) is 9.06. The second kappa shape index (κ2) is 12.1. The topological polar surface area (TPSA) is 74.8 Å². The molecule has 0 aromatic heterocycles. The molecule has 1 aromatic rings. The molecule has 1 saturated carbocycles. The van der Waals surface area contributed by atoms with Gasteiger partial charge in [-0.05, 0) is 50.3 Å². The number of amides is 1. The molecule has 0 aliphatic heterocycles. The maximum absolute atomic E-state index is 12.8. The Morgan fingerprint density at radius 1 is 1.28 bits per heavy atom. The second-order valence-corrected chi connectivity index (χ2v) is 6.58. The van der Waals surface area contributed by atoms with E-state index in [2.05, 4.69) is 20.9 Å². The van der Waals surface area contributed by atoms with Crippen LogP contribution in [0.4, 0.5) is 18.0 Å². The second-order valence-electron chi connectivity index (χ2n) is 6.58. The van der Waals surface area contributed by atoms with Crippen molar-refractivity contribution in [1.82, 2.24) is 16.0 Å². The molecule has 0 radical (unpaired) electrons. The van der Waals surface area contributed by atoms with Gasteiger partial charge in [0.2, 0.25) is 0 Å². The summed E-state index contributed by atoms with van der Waals surface area (Å²) in [7, 11) is 0. The molecule has 6 nitrogen and oxygen atoms in total. The molecular formula is C19H28F3IN4O2. The number of guanidine groups is 1. The van der Waals surface area contributed by atoms with E-state index in [1.165, 1.54) is 6.07 Å². The van der Waals surface area contributed by atoms with Crippen molar-refractivity contribution in [2.24, 2.45) is 10.9 Å². The molecule has 1 amide bonds. The van der Waals surface area contributed by atoms with E-state index in [9.17, 15) is 18.0 Å². The summed E-state index contributed by atoms with van der Waals surface area (Å²) in [6, 6.07) is 5.04. The quantitative estimate of drug-likeness (QED) is 0.272. The minimum atomic E-state index is -4.38. The summed E-state index contributed by atoms with van der Waals surface area (Å²) in [6.45, 7) is 5.12. The van der Waals surface area contributed by atoms with Crippen molar-refractivity contribution in [3.05, 3.63) is 35.4 Å². The number of halogens is 4. The van der Waals surface area contributed by atoms with E-state index < -0.39 is 17.8 Å². The fraction of sp³-hybridized carbons (Fsp3) is 0.579. The maximum Gasteiger partial charge on any atom is 0.416 e. The van der Waals surface area contributed by atoms with Crippen LogP contribution in [0.2, 0.25) is 0 Å². The highest BCUT2D eigenvalue weighted by atomic mass is 127. The van der Waals surface area contributed by atoms with Crippen molar-refractivity contribution in [3.8, 4) is 0 Å². The standard InChI is InChI=1S/C19H27F3N4O2.HI/c1-3-23-17(24-11-13-6-5-7-15(10-13)19(20,21)22)25-12-16(14-8-9-14)26-18(27)28-4-2;/h5-7,10,14,16H,3-4,8-9,11-12H2,1-2H3,(H,26,27)(H2,23,24,25);1H. The molecule has 1 atom stereocenters. The lowest BCUT2D eigenvalue weighted by Gasteiger charge is -2.20. The number of benzene rings is 1. The van der Waals surface area contributed by atoms with Crippen LogP contribution in [0.25, 0.3) is 0 Å². The fourth-order valence-corrected chi connectivity index (χ4v) is 2.72. The Labute approximate surface area is 186 Å². The lowest BCUT2D eigenvalue weighted by Crippen LogP contribution is -2.48. The molecule has 1 unspecified atom stereocenters. The first kappa shape index (κ1) is 25.3. The summed E-state index contributed by atoms with van der Waals surface area (Å²) >= 11 is 0. The van der Waals surface area contributed by atoms with E-state index in [-0.39, 0.29) is 36.6 Å². The molecule has 3 N–H and O–H groups in total. The van der Waals surface area contributed by atoms with Crippen LogP contribution in [0.5, 0.6) is 0 Å². The van der Waals surface area contributed by atoms with Crippen molar-refractivity contribution in [3.63, 3.8) is 0 Å². The zero-order chi connectivity index (χ0) is 20.6. The summed E-state index contributed by atoms with van der Waals surface area (Å²) in [5.41, 5.74) is -0.221. The number of aliphatic imine (C=N–C) groups is 1. The number of alkyl carbamates (subject to hydrolysis) is 1. The first-order valence-corrected chi connectivity index (χ1v) is 9.45. The summed E-state index contributed by atoms with van der Waals surface area (Å²) in [5.74, 6) is 0.875. The SMILES string of the molecule is CCNC(=NCc1cccc(C(F)(F)F)c1)NCC(NC(=O)OCC)C1CC1.I. The number of hydrogen-bond donors (Lipinski definition) is 3. The average molecular weight is 528 g/mol. The van der Waals surface area contributed by atoms with Gasteiger partial charge in [0.05, 0.1) is 24.8 Å². The Hall–Kier alpha value is -1.72. The van der Waals surface area contributed by atoms with E-state index in [4.69, 9.17) is 4.74 Å². The number of hydrogen-bond acceptors (Lipinski definition) is 3. The average Bonchev–Trinajstić information content (AvgIpc) is 3.47. The van der Waals surface area contributed by atoms with Gasteiger partial charge in [-0.15, -0.1) is 24.0 Å². The number of nitrogens with one attached hydrogen (secondary N) is 3. The van der Waals surface area contributed by atoms with Crippen LogP contribution in [0.3, 0.4) is 0 Å². The molecule has 0 saturated heterocycles. The van der Waals surface area contributed by atoms with Crippen LogP contribution in [0, 0.1) is 5.92 Å². The lowest BCUT2D eigenvalue weighted by atomic mass is 10.1. The molecule has 0 bridgehead atoms. The van der Waals surface area contributed by atoms with E-state index in [0.717, 1.165) is 25.0 Å². The Bertz CT molecular complexity index is 682. The highest BCUT2D eigenvalue weighted by Gasteiger charge is 2.33. The third-order valence-electron chi connectivity index (χ3n) is 4.28. The summed E-state index contributed by atoms with van der Waals surface area (Å²) in [6.07, 6.45) is -2.75. The van der Waals surface area contributed by atoms with Crippen LogP contribution >= 0.6 is 24.0 Å². The lowest BCUT2D eigenvalue weighted by molar-refractivity contribution is -0.137. The summed E-state index contributed by atoms with van der Waals surface area (Å²) < 4.78 is 43.4. The van der Waals surface area contributed by atoms with Crippen molar-refractivity contribution >= 4 is 36.0 Å². The number of ether oxygens (including phenoxy) is 1. The molecule has 29 heavy (non-hydrogen) atoms. The number of carbonyl (C=O) groups is 1. The molecule has 0 heterocycles. The molecular weight excluding hydrogens is 500 g/mol. The van der Waals surface area contributed by atoms with Gasteiger partial charge in [-0.1, -0.05) is 12.1 Å². The monoisotopic (exact) mass is 528 g/mol. The van der Waals surface area contributed by atoms with E-state index >= 15 is 0 Å². The van der Waals surface area contributed by atoms with Gasteiger partial charge in [0.1, 0.15) is 0 Å². The first-order chi connectivity index (χ1) is 13.3. The molecule has 2 rings (SSSR count). The highest BCUT2D eigenvalue weighted by molar-refractivity contribution is 14.0. The smallest absolute Gasteiger partial charge is 0.416 e. The number of alkyl halides is 3. The van der Waals surface area contributed by atoms with Crippen molar-refractivity contribution in [2.45, 2.75) is 45.5 Å². The Morgan fingerprint density at radius 3 is 2.59 bits per heavy atom. The molecule has 1 fully saturated rings. The zero-order valence-corrected chi connectivity index (χ0v) is 18.8. The van der Waals surface area contributed by atoms with Crippen LogP contribution < -0.4 is 16.0 Å². The largest absolute Gasteiger partial charge is 0.450 e. The molecule has 1 aliphatic carbocycles. The van der Waals surface area contributed by atoms with Gasteiger partial charge in [-0.25, -0.2) is 9.79 Å². The molecule has 1 aromatic carbocycles. The first-order valence-electron chi connectivity index (χ1n) is 9.45. The van der Waals surface area contributed by atoms with Crippen LogP contribution in [0.1, 0.15) is 37.8 Å².